The molecule has 0 radical (unpaired) electrons. The Morgan fingerprint density at radius 2 is 2.24 bits per heavy atom. The van der Waals surface area contributed by atoms with Crippen LogP contribution in [-0.2, 0) is 11.3 Å². The van der Waals surface area contributed by atoms with Crippen LogP contribution in [0.15, 0.2) is 12.4 Å². The van der Waals surface area contributed by atoms with Crippen LogP contribution in [0.3, 0.4) is 0 Å². The molecule has 0 spiro atoms. The summed E-state index contributed by atoms with van der Waals surface area (Å²) >= 11 is 5.90. The summed E-state index contributed by atoms with van der Waals surface area (Å²) in [6, 6.07) is 1.19. The number of ether oxygens (including phenoxy) is 1. The zero-order chi connectivity index (χ0) is 14.7. The van der Waals surface area contributed by atoms with E-state index in [2.05, 4.69) is 21.8 Å². The van der Waals surface area contributed by atoms with Gasteiger partial charge in [0.25, 0.3) is 0 Å². The fourth-order valence-corrected chi connectivity index (χ4v) is 3.64. The van der Waals surface area contributed by atoms with Crippen molar-refractivity contribution in [3.63, 3.8) is 0 Å². The lowest BCUT2D eigenvalue weighted by molar-refractivity contribution is -0.0831. The number of fused-ring (bicyclic) bond motifs is 1. The summed E-state index contributed by atoms with van der Waals surface area (Å²) in [6.45, 7) is 9.40. The summed E-state index contributed by atoms with van der Waals surface area (Å²) in [5.74, 6) is 0. The number of halogens is 1. The van der Waals surface area contributed by atoms with Gasteiger partial charge in [-0.3, -0.25) is 14.5 Å². The molecule has 3 heterocycles. The average Bonchev–Trinajstić information content (AvgIpc) is 2.91. The van der Waals surface area contributed by atoms with E-state index in [9.17, 15) is 0 Å². The van der Waals surface area contributed by atoms with Gasteiger partial charge in [0.1, 0.15) is 0 Å². The van der Waals surface area contributed by atoms with E-state index in [1.54, 1.807) is 6.20 Å². The van der Waals surface area contributed by atoms with Crippen LogP contribution in [0.5, 0.6) is 0 Å². The Morgan fingerprint density at radius 3 is 3.00 bits per heavy atom. The molecule has 118 valence electrons. The lowest BCUT2D eigenvalue weighted by atomic mass is 10.0. The van der Waals surface area contributed by atoms with Crippen molar-refractivity contribution >= 4 is 11.6 Å². The summed E-state index contributed by atoms with van der Waals surface area (Å²) in [5.41, 5.74) is 0. The Kier molecular flexibility index (Phi) is 5.16. The van der Waals surface area contributed by atoms with Crippen molar-refractivity contribution in [3.8, 4) is 0 Å². The molecular weight excluding hydrogens is 288 g/mol. The fraction of sp³-hybridized carbons (Fsp3) is 0.800. The SMILES string of the molecule is CCC[C@H]1COC[C@H]2CN(CCn3cc(Cl)cn3)CCN12. The normalized spacial score (nSPS) is 27.7. The second-order valence-electron chi connectivity index (χ2n) is 6.09. The quantitative estimate of drug-likeness (QED) is 0.829. The number of rotatable bonds is 5. The molecule has 0 N–H and O–H groups in total. The summed E-state index contributed by atoms with van der Waals surface area (Å²) in [4.78, 5) is 5.20. The van der Waals surface area contributed by atoms with Gasteiger partial charge in [-0.2, -0.15) is 5.10 Å². The van der Waals surface area contributed by atoms with E-state index in [4.69, 9.17) is 16.3 Å². The van der Waals surface area contributed by atoms with Gasteiger partial charge in [0, 0.05) is 44.5 Å². The first-order valence-corrected chi connectivity index (χ1v) is 8.38. The largest absolute Gasteiger partial charge is 0.378 e. The molecule has 21 heavy (non-hydrogen) atoms. The smallest absolute Gasteiger partial charge is 0.0785 e. The number of hydrogen-bond acceptors (Lipinski definition) is 4. The van der Waals surface area contributed by atoms with Crippen LogP contribution in [0.1, 0.15) is 19.8 Å². The molecule has 0 aliphatic carbocycles. The van der Waals surface area contributed by atoms with Crippen LogP contribution in [-0.4, -0.2) is 71.1 Å². The van der Waals surface area contributed by atoms with Gasteiger partial charge in [-0.25, -0.2) is 0 Å². The zero-order valence-electron chi connectivity index (χ0n) is 12.7. The van der Waals surface area contributed by atoms with E-state index in [-0.39, 0.29) is 0 Å². The van der Waals surface area contributed by atoms with Gasteiger partial charge in [0.05, 0.1) is 31.0 Å². The number of aromatic nitrogens is 2. The topological polar surface area (TPSA) is 33.5 Å². The fourth-order valence-electron chi connectivity index (χ4n) is 3.49. The van der Waals surface area contributed by atoms with Crippen LogP contribution in [0, 0.1) is 0 Å². The molecule has 0 aromatic carbocycles. The van der Waals surface area contributed by atoms with Gasteiger partial charge in [-0.05, 0) is 6.42 Å². The summed E-state index contributed by atoms with van der Waals surface area (Å²) in [7, 11) is 0. The molecule has 2 fully saturated rings. The highest BCUT2D eigenvalue weighted by Crippen LogP contribution is 2.21. The van der Waals surface area contributed by atoms with Crippen molar-refractivity contribution in [2.45, 2.75) is 38.4 Å². The van der Waals surface area contributed by atoms with Gasteiger partial charge in [-0.15, -0.1) is 0 Å². The van der Waals surface area contributed by atoms with Gasteiger partial charge >= 0.3 is 0 Å². The van der Waals surface area contributed by atoms with Gasteiger partial charge < -0.3 is 4.74 Å². The van der Waals surface area contributed by atoms with Crippen LogP contribution in [0.4, 0.5) is 0 Å². The number of nitrogens with zero attached hydrogens (tertiary/aromatic N) is 4. The minimum absolute atomic E-state index is 0.560. The van der Waals surface area contributed by atoms with Crippen LogP contribution in [0.2, 0.25) is 5.02 Å². The molecule has 0 amide bonds. The highest BCUT2D eigenvalue weighted by molar-refractivity contribution is 6.30. The molecular formula is C15H25ClN4O. The summed E-state index contributed by atoms with van der Waals surface area (Å²) in [5, 5.41) is 4.95. The maximum absolute atomic E-state index is 5.90. The predicted molar refractivity (Wildman–Crippen MR) is 83.7 cm³/mol. The third kappa shape index (κ3) is 3.77. The first kappa shape index (κ1) is 15.3. The van der Waals surface area contributed by atoms with Crippen LogP contribution < -0.4 is 0 Å². The standard InChI is InChI=1S/C15H25ClN4O/c1-2-3-14-11-21-12-15-10-18(5-7-20(14)15)4-6-19-9-13(16)8-17-19/h8-9,14-15H,2-7,10-12H2,1H3/t14-,15+/m0/s1. The van der Waals surface area contributed by atoms with Crippen LogP contribution in [0.25, 0.3) is 0 Å². The Balaban J connectivity index is 1.50. The molecule has 2 atom stereocenters. The lowest BCUT2D eigenvalue weighted by Gasteiger charge is -2.48. The highest BCUT2D eigenvalue weighted by Gasteiger charge is 2.34. The average molecular weight is 313 g/mol. The van der Waals surface area contributed by atoms with E-state index < -0.39 is 0 Å². The molecule has 2 saturated heterocycles. The Labute approximate surface area is 131 Å². The third-order valence-corrected chi connectivity index (χ3v) is 4.77. The lowest BCUT2D eigenvalue weighted by Crippen LogP contribution is -2.62. The Morgan fingerprint density at radius 1 is 1.33 bits per heavy atom. The van der Waals surface area contributed by atoms with Crippen molar-refractivity contribution in [1.29, 1.82) is 0 Å². The number of piperazine rings is 1. The first-order valence-electron chi connectivity index (χ1n) is 8.00. The van der Waals surface area contributed by atoms with Gasteiger partial charge in [-0.1, -0.05) is 24.9 Å². The minimum atomic E-state index is 0.560. The summed E-state index contributed by atoms with van der Waals surface area (Å²) in [6.07, 6.45) is 6.08. The molecule has 5 nitrogen and oxygen atoms in total. The molecule has 0 unspecified atom stereocenters. The predicted octanol–water partition coefficient (Wildman–Crippen LogP) is 1.72. The van der Waals surface area contributed by atoms with Gasteiger partial charge in [0.2, 0.25) is 0 Å². The highest BCUT2D eigenvalue weighted by atomic mass is 35.5. The molecule has 1 aromatic heterocycles. The molecule has 0 bridgehead atoms. The maximum Gasteiger partial charge on any atom is 0.0785 e. The van der Waals surface area contributed by atoms with Crippen molar-refractivity contribution < 1.29 is 4.74 Å². The summed E-state index contributed by atoms with van der Waals surface area (Å²) < 4.78 is 7.74. The molecule has 2 aliphatic heterocycles. The maximum atomic E-state index is 5.90. The third-order valence-electron chi connectivity index (χ3n) is 4.57. The van der Waals surface area contributed by atoms with Crippen molar-refractivity contribution in [1.82, 2.24) is 19.6 Å². The molecule has 1 aromatic rings. The number of hydrogen-bond donors (Lipinski definition) is 0. The first-order chi connectivity index (χ1) is 10.3. The van der Waals surface area contributed by atoms with E-state index in [1.165, 1.54) is 19.4 Å². The molecule has 6 heteroatoms. The molecule has 0 saturated carbocycles. The van der Waals surface area contributed by atoms with Crippen LogP contribution >= 0.6 is 11.6 Å². The Bertz CT molecular complexity index is 451. The van der Waals surface area contributed by atoms with Crippen molar-refractivity contribution in [2.24, 2.45) is 0 Å². The minimum Gasteiger partial charge on any atom is -0.378 e. The van der Waals surface area contributed by atoms with Crippen molar-refractivity contribution in [3.05, 3.63) is 17.4 Å². The second-order valence-corrected chi connectivity index (χ2v) is 6.53. The van der Waals surface area contributed by atoms with E-state index in [0.29, 0.717) is 17.1 Å². The van der Waals surface area contributed by atoms with Gasteiger partial charge in [0.15, 0.2) is 0 Å². The zero-order valence-corrected chi connectivity index (χ0v) is 13.5. The monoisotopic (exact) mass is 312 g/mol. The molecule has 2 aliphatic rings. The van der Waals surface area contributed by atoms with E-state index in [1.807, 2.05) is 10.9 Å². The number of morpholine rings is 1. The molecule has 3 rings (SSSR count). The van der Waals surface area contributed by atoms with E-state index in [0.717, 1.165) is 39.4 Å². The van der Waals surface area contributed by atoms with Crippen molar-refractivity contribution in [2.75, 3.05) is 39.4 Å². The second kappa shape index (κ2) is 7.09. The van der Waals surface area contributed by atoms with E-state index >= 15 is 0 Å². The Hall–Kier alpha value is -0.620.